The minimum Gasteiger partial charge on any atom is -0.385 e. The highest BCUT2D eigenvalue weighted by atomic mass is 79.9. The van der Waals surface area contributed by atoms with Crippen LogP contribution in [-0.2, 0) is 9.47 Å². The Hall–Kier alpha value is -0.450. The van der Waals surface area contributed by atoms with Crippen molar-refractivity contribution in [2.75, 3.05) is 25.7 Å². The Morgan fingerprint density at radius 3 is 2.69 bits per heavy atom. The fraction of sp³-hybridized carbons (Fsp3) is 0.500. The van der Waals surface area contributed by atoms with E-state index in [0.29, 0.717) is 24.1 Å². The number of alkyl halides is 1. The number of hydrogen-bond donors (Lipinski definition) is 0. The first-order valence-corrected chi connectivity index (χ1v) is 6.32. The van der Waals surface area contributed by atoms with Crippen LogP contribution in [0.2, 0.25) is 0 Å². The first-order chi connectivity index (χ1) is 7.79. The van der Waals surface area contributed by atoms with Crippen LogP contribution in [0.15, 0.2) is 24.3 Å². The highest BCUT2D eigenvalue weighted by Gasteiger charge is 2.14. The predicted octanol–water partition coefficient (Wildman–Crippen LogP) is 3.31. The summed E-state index contributed by atoms with van der Waals surface area (Å²) in [5.74, 6) is -0.223. The zero-order valence-electron chi connectivity index (χ0n) is 9.29. The van der Waals surface area contributed by atoms with Crippen LogP contribution in [0.25, 0.3) is 0 Å². The van der Waals surface area contributed by atoms with Crippen LogP contribution in [0, 0.1) is 5.82 Å². The molecule has 0 aliphatic rings. The summed E-state index contributed by atoms with van der Waals surface area (Å²) < 4.78 is 24.0. The Bertz CT molecular complexity index is 307. The highest BCUT2D eigenvalue weighted by molar-refractivity contribution is 9.09. The summed E-state index contributed by atoms with van der Waals surface area (Å²) in [6, 6.07) is 6.68. The number of hydrogen-bond acceptors (Lipinski definition) is 2. The van der Waals surface area contributed by atoms with Crippen LogP contribution in [0.4, 0.5) is 4.39 Å². The number of rotatable bonds is 7. The van der Waals surface area contributed by atoms with Crippen molar-refractivity contribution in [1.82, 2.24) is 0 Å². The summed E-state index contributed by atoms with van der Waals surface area (Å²) in [5.41, 5.74) is 0.594. The molecule has 1 unspecified atom stereocenters. The van der Waals surface area contributed by atoms with Crippen LogP contribution in [0.5, 0.6) is 0 Å². The van der Waals surface area contributed by atoms with E-state index in [4.69, 9.17) is 9.47 Å². The zero-order chi connectivity index (χ0) is 11.8. The summed E-state index contributed by atoms with van der Waals surface area (Å²) in [5, 5.41) is 0.584. The monoisotopic (exact) mass is 290 g/mol. The fourth-order valence-electron chi connectivity index (χ4n) is 1.38. The lowest BCUT2D eigenvalue weighted by Crippen LogP contribution is -2.10. The van der Waals surface area contributed by atoms with Crippen LogP contribution in [0.3, 0.4) is 0 Å². The molecule has 0 aliphatic carbocycles. The lowest BCUT2D eigenvalue weighted by Gasteiger charge is -2.16. The van der Waals surface area contributed by atoms with Gasteiger partial charge in [-0.25, -0.2) is 4.39 Å². The molecule has 4 heteroatoms. The largest absolute Gasteiger partial charge is 0.385 e. The van der Waals surface area contributed by atoms with Crippen molar-refractivity contribution < 1.29 is 13.9 Å². The van der Waals surface area contributed by atoms with Gasteiger partial charge in [-0.2, -0.15) is 0 Å². The van der Waals surface area contributed by atoms with Crippen LogP contribution in [0.1, 0.15) is 18.1 Å². The van der Waals surface area contributed by atoms with E-state index in [1.807, 2.05) is 6.07 Å². The minimum atomic E-state index is -0.238. The van der Waals surface area contributed by atoms with Gasteiger partial charge in [0.1, 0.15) is 5.82 Å². The summed E-state index contributed by atoms with van der Waals surface area (Å²) >= 11 is 3.33. The number of benzene rings is 1. The van der Waals surface area contributed by atoms with E-state index in [9.17, 15) is 4.39 Å². The maximum Gasteiger partial charge on any atom is 0.129 e. The Labute approximate surface area is 104 Å². The molecule has 0 amide bonds. The van der Waals surface area contributed by atoms with Gasteiger partial charge in [0.2, 0.25) is 0 Å². The minimum absolute atomic E-state index is 0.223. The lowest BCUT2D eigenvalue weighted by atomic mass is 10.1. The molecule has 1 aromatic carbocycles. The molecule has 0 N–H and O–H groups in total. The molecular weight excluding hydrogens is 275 g/mol. The topological polar surface area (TPSA) is 18.5 Å². The van der Waals surface area contributed by atoms with E-state index >= 15 is 0 Å². The van der Waals surface area contributed by atoms with E-state index in [-0.39, 0.29) is 11.9 Å². The molecule has 1 atom stereocenters. The van der Waals surface area contributed by atoms with Crippen LogP contribution in [-0.4, -0.2) is 25.7 Å². The van der Waals surface area contributed by atoms with Gasteiger partial charge in [0.05, 0.1) is 6.10 Å². The Morgan fingerprint density at radius 2 is 2.06 bits per heavy atom. The molecule has 0 bridgehead atoms. The molecule has 1 rings (SSSR count). The van der Waals surface area contributed by atoms with Gasteiger partial charge in [0.15, 0.2) is 0 Å². The van der Waals surface area contributed by atoms with Gasteiger partial charge in [-0.15, -0.1) is 0 Å². The molecule has 0 spiro atoms. The molecule has 16 heavy (non-hydrogen) atoms. The van der Waals surface area contributed by atoms with Crippen molar-refractivity contribution in [1.29, 1.82) is 0 Å². The van der Waals surface area contributed by atoms with Crippen molar-refractivity contribution in [3.8, 4) is 0 Å². The van der Waals surface area contributed by atoms with Crippen LogP contribution >= 0.6 is 15.9 Å². The third kappa shape index (κ3) is 4.20. The summed E-state index contributed by atoms with van der Waals surface area (Å²) in [7, 11) is 1.65. The summed E-state index contributed by atoms with van der Waals surface area (Å²) in [6.07, 6.45) is 0.576. The second-order valence-electron chi connectivity index (χ2n) is 3.38. The third-order valence-corrected chi connectivity index (χ3v) is 2.79. The molecule has 0 fully saturated rings. The van der Waals surface area contributed by atoms with Gasteiger partial charge >= 0.3 is 0 Å². The molecule has 90 valence electrons. The fourth-order valence-corrected chi connectivity index (χ4v) is 1.92. The van der Waals surface area contributed by atoms with Gasteiger partial charge < -0.3 is 9.47 Å². The molecule has 0 heterocycles. The normalized spacial score (nSPS) is 12.7. The Kier molecular flexibility index (Phi) is 6.61. The standard InChI is InChI=1S/C12H16BrFO2/c1-15-7-4-8-16-12(9-13)10-5-2-3-6-11(10)14/h2-3,5-6,12H,4,7-9H2,1H3. The van der Waals surface area contributed by atoms with Gasteiger partial charge in [-0.1, -0.05) is 34.1 Å². The van der Waals surface area contributed by atoms with Gasteiger partial charge in [0.25, 0.3) is 0 Å². The molecule has 0 saturated heterocycles. The van der Waals surface area contributed by atoms with Gasteiger partial charge in [-0.3, -0.25) is 0 Å². The van der Waals surface area contributed by atoms with Crippen molar-refractivity contribution in [2.24, 2.45) is 0 Å². The van der Waals surface area contributed by atoms with E-state index in [2.05, 4.69) is 15.9 Å². The molecule has 0 aromatic heterocycles. The van der Waals surface area contributed by atoms with Crippen molar-refractivity contribution >= 4 is 15.9 Å². The smallest absolute Gasteiger partial charge is 0.129 e. The second-order valence-corrected chi connectivity index (χ2v) is 4.03. The van der Waals surface area contributed by atoms with E-state index in [1.165, 1.54) is 6.07 Å². The maximum absolute atomic E-state index is 13.5. The Balaban J connectivity index is 2.51. The van der Waals surface area contributed by atoms with Crippen molar-refractivity contribution in [3.05, 3.63) is 35.6 Å². The first-order valence-electron chi connectivity index (χ1n) is 5.20. The molecule has 2 nitrogen and oxygen atoms in total. The molecular formula is C12H16BrFO2. The zero-order valence-corrected chi connectivity index (χ0v) is 10.9. The lowest BCUT2D eigenvalue weighted by molar-refractivity contribution is 0.0513. The summed E-state index contributed by atoms with van der Waals surface area (Å²) in [4.78, 5) is 0. The second kappa shape index (κ2) is 7.76. The quantitative estimate of drug-likeness (QED) is 0.567. The Morgan fingerprint density at radius 1 is 1.31 bits per heavy atom. The number of ether oxygens (including phenoxy) is 2. The SMILES string of the molecule is COCCCOC(CBr)c1ccccc1F. The molecule has 0 saturated carbocycles. The highest BCUT2D eigenvalue weighted by Crippen LogP contribution is 2.22. The van der Waals surface area contributed by atoms with Crippen LogP contribution < -0.4 is 0 Å². The molecule has 0 radical (unpaired) electrons. The third-order valence-electron chi connectivity index (χ3n) is 2.20. The van der Waals surface area contributed by atoms with Crippen molar-refractivity contribution in [3.63, 3.8) is 0 Å². The predicted molar refractivity (Wildman–Crippen MR) is 65.4 cm³/mol. The van der Waals surface area contributed by atoms with E-state index in [1.54, 1.807) is 19.2 Å². The van der Waals surface area contributed by atoms with E-state index in [0.717, 1.165) is 6.42 Å². The average Bonchev–Trinajstić information content (AvgIpc) is 2.31. The van der Waals surface area contributed by atoms with Gasteiger partial charge in [0, 0.05) is 31.2 Å². The number of methoxy groups -OCH3 is 1. The maximum atomic E-state index is 13.5. The molecule has 1 aromatic rings. The van der Waals surface area contributed by atoms with Crippen molar-refractivity contribution in [2.45, 2.75) is 12.5 Å². The average molecular weight is 291 g/mol. The molecule has 0 aliphatic heterocycles. The first kappa shape index (κ1) is 13.6. The summed E-state index contributed by atoms with van der Waals surface area (Å²) in [6.45, 7) is 1.23. The van der Waals surface area contributed by atoms with E-state index < -0.39 is 0 Å². The van der Waals surface area contributed by atoms with Gasteiger partial charge in [-0.05, 0) is 12.5 Å². The number of halogens is 2.